The van der Waals surface area contributed by atoms with Gasteiger partial charge in [0.1, 0.15) is 16.9 Å². The molecule has 10 rings (SSSR count). The average Bonchev–Trinajstić information content (AvgIpc) is 3.68. The van der Waals surface area contributed by atoms with Crippen LogP contribution in [0, 0.1) is 0 Å². The molecule has 0 amide bonds. The van der Waals surface area contributed by atoms with Crippen LogP contribution < -0.4 is 0 Å². The first kappa shape index (κ1) is 24.7. The van der Waals surface area contributed by atoms with E-state index in [1.165, 1.54) is 27.1 Å². The maximum atomic E-state index is 6.21. The molecule has 0 aliphatic heterocycles. The predicted molar refractivity (Wildman–Crippen MR) is 184 cm³/mol. The summed E-state index contributed by atoms with van der Waals surface area (Å²) < 4.78 is 8.53. The zero-order valence-electron chi connectivity index (χ0n) is 24.9. The van der Waals surface area contributed by atoms with Crippen LogP contribution in [-0.2, 0) is 5.41 Å². The van der Waals surface area contributed by atoms with E-state index >= 15 is 0 Å². The van der Waals surface area contributed by atoms with E-state index in [1.807, 2.05) is 12.1 Å². The topological polar surface area (TPSA) is 43.9 Å². The van der Waals surface area contributed by atoms with Crippen LogP contribution in [0.25, 0.3) is 82.8 Å². The second kappa shape index (κ2) is 8.67. The Labute approximate surface area is 259 Å². The van der Waals surface area contributed by atoms with E-state index in [0.717, 1.165) is 67.0 Å². The minimum atomic E-state index is -0.282. The number of furan rings is 1. The second-order valence-electron chi connectivity index (χ2n) is 12.6. The smallest absolute Gasteiger partial charge is 0.165 e. The van der Waals surface area contributed by atoms with Crippen LogP contribution in [0.5, 0.6) is 0 Å². The monoisotopic (exact) mass is 577 g/mol. The van der Waals surface area contributed by atoms with Gasteiger partial charge in [-0.25, -0.2) is 9.97 Å². The van der Waals surface area contributed by atoms with Gasteiger partial charge in [-0.15, -0.1) is 0 Å². The highest BCUT2D eigenvalue weighted by Crippen LogP contribution is 2.49. The summed E-state index contributed by atoms with van der Waals surface area (Å²) in [7, 11) is 0. The van der Waals surface area contributed by atoms with E-state index in [-0.39, 0.29) is 5.41 Å². The number of nitrogens with zero attached hydrogens (tertiary/aromatic N) is 3. The number of hydrogen-bond donors (Lipinski definition) is 0. The lowest BCUT2D eigenvalue weighted by molar-refractivity contribution is 0.635. The molecular formula is C41H27N3O. The lowest BCUT2D eigenvalue weighted by Gasteiger charge is -2.21. The molecule has 0 spiro atoms. The summed E-state index contributed by atoms with van der Waals surface area (Å²) in [5.41, 5.74) is 9.94. The molecule has 3 aromatic heterocycles. The Balaban J connectivity index is 1.36. The molecule has 1 aliphatic rings. The fraction of sp³-hybridized carbons (Fsp3) is 0.0732. The zero-order valence-corrected chi connectivity index (χ0v) is 24.9. The van der Waals surface area contributed by atoms with Gasteiger partial charge in [-0.1, -0.05) is 98.8 Å². The summed E-state index contributed by atoms with van der Waals surface area (Å²) in [6, 6.07) is 45.1. The van der Waals surface area contributed by atoms with Crippen molar-refractivity contribution in [2.24, 2.45) is 0 Å². The Hall–Kier alpha value is -5.74. The van der Waals surface area contributed by atoms with Gasteiger partial charge < -0.3 is 4.42 Å². The van der Waals surface area contributed by atoms with Crippen molar-refractivity contribution in [2.45, 2.75) is 19.3 Å². The van der Waals surface area contributed by atoms with Crippen LogP contribution in [0.3, 0.4) is 0 Å². The lowest BCUT2D eigenvalue weighted by Crippen LogP contribution is -2.18. The van der Waals surface area contributed by atoms with Crippen molar-refractivity contribution in [1.82, 2.24) is 14.5 Å². The highest BCUT2D eigenvalue weighted by atomic mass is 16.3. The number of aromatic nitrogens is 3. The van der Waals surface area contributed by atoms with Gasteiger partial charge in [0.2, 0.25) is 0 Å². The maximum Gasteiger partial charge on any atom is 0.165 e. The Bertz CT molecular complexity index is 2690. The van der Waals surface area contributed by atoms with E-state index in [1.54, 1.807) is 0 Å². The Morgan fingerprint density at radius 3 is 2.16 bits per heavy atom. The third-order valence-corrected chi connectivity index (χ3v) is 9.73. The van der Waals surface area contributed by atoms with Crippen LogP contribution in [-0.4, -0.2) is 14.5 Å². The quantitative estimate of drug-likeness (QED) is 0.205. The van der Waals surface area contributed by atoms with Crippen molar-refractivity contribution in [1.29, 1.82) is 0 Å². The first-order valence-corrected chi connectivity index (χ1v) is 15.4. The molecule has 3 heterocycles. The molecule has 0 N–H and O–H groups in total. The highest BCUT2D eigenvalue weighted by Gasteiger charge is 2.39. The van der Waals surface area contributed by atoms with E-state index in [2.05, 4.69) is 134 Å². The Kier molecular flexibility index (Phi) is 4.76. The minimum absolute atomic E-state index is 0.282. The molecule has 45 heavy (non-hydrogen) atoms. The molecule has 0 saturated carbocycles. The van der Waals surface area contributed by atoms with Crippen LogP contribution >= 0.6 is 0 Å². The predicted octanol–water partition coefficient (Wildman–Crippen LogP) is 10.6. The van der Waals surface area contributed by atoms with Gasteiger partial charge in [0.05, 0.1) is 22.4 Å². The summed E-state index contributed by atoms with van der Waals surface area (Å²) >= 11 is 0. The molecule has 1 aliphatic carbocycles. The van der Waals surface area contributed by atoms with Crippen LogP contribution in [0.1, 0.15) is 25.1 Å². The molecule has 0 radical (unpaired) electrons. The minimum Gasteiger partial charge on any atom is -0.456 e. The summed E-state index contributed by atoms with van der Waals surface area (Å²) in [4.78, 5) is 11.2. The standard InChI is InChI=1S/C41H27N3O/c1-41(2)32-16-8-5-15-29(32)38-39(41)42-37(26-19-20-36-31(22-26)28-14-7-10-18-35(28)45-36)40(43-38)44-33-17-9-6-13-27(33)30-21-24-11-3-4-12-25(24)23-34(30)44/h3-23H,1-2H3. The van der Waals surface area contributed by atoms with Crippen molar-refractivity contribution in [2.75, 3.05) is 0 Å². The molecule has 0 saturated heterocycles. The number of hydrogen-bond acceptors (Lipinski definition) is 3. The van der Waals surface area contributed by atoms with Gasteiger partial charge >= 0.3 is 0 Å². The summed E-state index contributed by atoms with van der Waals surface area (Å²) in [5.74, 6) is 0.829. The number of rotatable bonds is 2. The molecule has 0 bridgehead atoms. The van der Waals surface area contributed by atoms with Gasteiger partial charge in [-0.3, -0.25) is 4.57 Å². The summed E-state index contributed by atoms with van der Waals surface area (Å²) in [6.07, 6.45) is 0. The first-order valence-electron chi connectivity index (χ1n) is 15.4. The molecule has 0 fully saturated rings. The normalized spacial score (nSPS) is 13.7. The molecule has 4 nitrogen and oxygen atoms in total. The van der Waals surface area contributed by atoms with Crippen LogP contribution in [0.4, 0.5) is 0 Å². The van der Waals surface area contributed by atoms with E-state index in [9.17, 15) is 0 Å². The Morgan fingerprint density at radius 1 is 0.556 bits per heavy atom. The lowest BCUT2D eigenvalue weighted by atomic mass is 9.85. The molecule has 0 unspecified atom stereocenters. The Morgan fingerprint density at radius 2 is 1.27 bits per heavy atom. The third-order valence-electron chi connectivity index (χ3n) is 9.73. The maximum absolute atomic E-state index is 6.21. The molecule has 0 atom stereocenters. The fourth-order valence-corrected chi connectivity index (χ4v) is 7.52. The van der Waals surface area contributed by atoms with Gasteiger partial charge in [0.15, 0.2) is 5.82 Å². The van der Waals surface area contributed by atoms with E-state index in [0.29, 0.717) is 0 Å². The average molecular weight is 578 g/mol. The zero-order chi connectivity index (χ0) is 29.9. The van der Waals surface area contributed by atoms with Crippen molar-refractivity contribution in [3.63, 3.8) is 0 Å². The van der Waals surface area contributed by atoms with Gasteiger partial charge in [0.25, 0.3) is 0 Å². The van der Waals surface area contributed by atoms with E-state index in [4.69, 9.17) is 14.4 Å². The van der Waals surface area contributed by atoms with Crippen LogP contribution in [0.2, 0.25) is 0 Å². The number of fused-ring (bicyclic) bond motifs is 10. The summed E-state index contributed by atoms with van der Waals surface area (Å²) in [6.45, 7) is 4.52. The van der Waals surface area contributed by atoms with Gasteiger partial charge in [-0.2, -0.15) is 0 Å². The van der Waals surface area contributed by atoms with Crippen molar-refractivity contribution < 1.29 is 4.42 Å². The van der Waals surface area contributed by atoms with Crippen molar-refractivity contribution in [3.8, 4) is 28.3 Å². The number of para-hydroxylation sites is 2. The van der Waals surface area contributed by atoms with Crippen LogP contribution in [0.15, 0.2) is 132 Å². The molecule has 6 aromatic carbocycles. The SMILES string of the molecule is CC1(C)c2ccccc2-c2nc(-n3c4ccccc4c4cc5ccccc5cc43)c(-c3ccc4oc5ccccc5c4c3)nc21. The highest BCUT2D eigenvalue weighted by molar-refractivity contribution is 6.14. The third kappa shape index (κ3) is 3.31. The van der Waals surface area contributed by atoms with Crippen molar-refractivity contribution >= 4 is 54.5 Å². The molecule has 212 valence electrons. The second-order valence-corrected chi connectivity index (χ2v) is 12.6. The molecule has 4 heteroatoms. The number of benzene rings is 6. The van der Waals surface area contributed by atoms with Gasteiger partial charge in [-0.05, 0) is 58.8 Å². The van der Waals surface area contributed by atoms with E-state index < -0.39 is 0 Å². The molecule has 9 aromatic rings. The van der Waals surface area contributed by atoms with Crippen molar-refractivity contribution in [3.05, 3.63) is 139 Å². The van der Waals surface area contributed by atoms with Gasteiger partial charge in [0, 0.05) is 38.1 Å². The largest absolute Gasteiger partial charge is 0.456 e. The molecular weight excluding hydrogens is 550 g/mol. The summed E-state index contributed by atoms with van der Waals surface area (Å²) in [5, 5.41) is 7.00. The first-order chi connectivity index (χ1) is 22.1. The fourth-order valence-electron chi connectivity index (χ4n) is 7.52.